The number of nitrogens with one attached hydrogen (secondary N) is 1. The Balaban J connectivity index is 2.70. The molecule has 0 atom stereocenters. The molecule has 1 heterocycles. The molecule has 0 bridgehead atoms. The Morgan fingerprint density at radius 3 is 2.81 bits per heavy atom. The Bertz CT molecular complexity index is 412. The number of carbonyl (C=O) groups excluding carboxylic acids is 1. The van der Waals surface area contributed by atoms with Crippen LogP contribution in [0.25, 0.3) is 0 Å². The van der Waals surface area contributed by atoms with Crippen LogP contribution in [-0.2, 0) is 4.74 Å². The van der Waals surface area contributed by atoms with Crippen LogP contribution >= 0.6 is 0 Å². The van der Waals surface area contributed by atoms with E-state index in [2.05, 4.69) is 5.32 Å². The minimum absolute atomic E-state index is 0.0538. The second-order valence-corrected chi connectivity index (χ2v) is 2.93. The van der Waals surface area contributed by atoms with E-state index in [0.717, 1.165) is 12.3 Å². The number of hydrogen-bond acceptors (Lipinski definition) is 5. The normalized spacial score (nSPS) is 9.88. The molecule has 1 amide bonds. The van der Waals surface area contributed by atoms with Gasteiger partial charge in [0.15, 0.2) is 5.76 Å². The van der Waals surface area contributed by atoms with E-state index in [4.69, 9.17) is 13.9 Å². The lowest BCUT2D eigenvalue weighted by molar-refractivity contribution is 0.0906. The summed E-state index contributed by atoms with van der Waals surface area (Å²) in [7, 11) is 2.88. The molecule has 0 aliphatic carbocycles. The van der Waals surface area contributed by atoms with E-state index in [1.54, 1.807) is 0 Å². The molecule has 6 nitrogen and oxygen atoms in total. The fourth-order valence-corrected chi connectivity index (χ4v) is 1.02. The van der Waals surface area contributed by atoms with Crippen LogP contribution in [0.15, 0.2) is 21.5 Å². The first-order valence-corrected chi connectivity index (χ1v) is 4.63. The van der Waals surface area contributed by atoms with Crippen LogP contribution in [0.2, 0.25) is 0 Å². The molecule has 1 aromatic heterocycles. The largest absolute Gasteiger partial charge is 0.490 e. The van der Waals surface area contributed by atoms with Gasteiger partial charge in [-0.1, -0.05) is 0 Å². The van der Waals surface area contributed by atoms with Gasteiger partial charge in [0.25, 0.3) is 5.91 Å². The SMILES string of the molecule is COCCNC(=O)c1cc(=O)c(OC)co1. The second-order valence-electron chi connectivity index (χ2n) is 2.93. The molecule has 0 saturated carbocycles. The summed E-state index contributed by atoms with van der Waals surface area (Å²) < 4.78 is 14.4. The van der Waals surface area contributed by atoms with Gasteiger partial charge in [-0.2, -0.15) is 0 Å². The number of ether oxygens (including phenoxy) is 2. The van der Waals surface area contributed by atoms with E-state index in [1.807, 2.05) is 0 Å². The van der Waals surface area contributed by atoms with Gasteiger partial charge in [0, 0.05) is 19.7 Å². The smallest absolute Gasteiger partial charge is 0.287 e. The lowest BCUT2D eigenvalue weighted by Gasteiger charge is -2.03. The van der Waals surface area contributed by atoms with Gasteiger partial charge in [-0.3, -0.25) is 9.59 Å². The van der Waals surface area contributed by atoms with Crippen LogP contribution in [0, 0.1) is 0 Å². The van der Waals surface area contributed by atoms with Crippen LogP contribution in [0.5, 0.6) is 5.75 Å². The maximum absolute atomic E-state index is 11.4. The van der Waals surface area contributed by atoms with E-state index in [-0.39, 0.29) is 11.5 Å². The predicted molar refractivity (Wildman–Crippen MR) is 55.7 cm³/mol. The fraction of sp³-hybridized carbons (Fsp3) is 0.400. The van der Waals surface area contributed by atoms with Crippen molar-refractivity contribution in [2.24, 2.45) is 0 Å². The lowest BCUT2D eigenvalue weighted by Crippen LogP contribution is -2.27. The van der Waals surface area contributed by atoms with E-state index >= 15 is 0 Å². The van der Waals surface area contributed by atoms with Gasteiger partial charge in [0.05, 0.1) is 13.7 Å². The van der Waals surface area contributed by atoms with Crippen molar-refractivity contribution in [3.8, 4) is 5.75 Å². The quantitative estimate of drug-likeness (QED) is 0.718. The van der Waals surface area contributed by atoms with Crippen LogP contribution in [0.4, 0.5) is 0 Å². The van der Waals surface area contributed by atoms with Crippen molar-refractivity contribution in [3.05, 3.63) is 28.3 Å². The summed E-state index contributed by atoms with van der Waals surface area (Å²) in [5, 5.41) is 2.53. The molecule has 0 radical (unpaired) electrons. The third-order valence-corrected chi connectivity index (χ3v) is 1.83. The molecule has 0 aliphatic rings. The highest BCUT2D eigenvalue weighted by molar-refractivity contribution is 5.91. The second kappa shape index (κ2) is 5.92. The van der Waals surface area contributed by atoms with Crippen molar-refractivity contribution < 1.29 is 18.7 Å². The zero-order valence-corrected chi connectivity index (χ0v) is 9.11. The van der Waals surface area contributed by atoms with Crippen molar-refractivity contribution in [1.82, 2.24) is 5.32 Å². The molecular formula is C10H13NO5. The average Bonchev–Trinajstić information content (AvgIpc) is 2.29. The van der Waals surface area contributed by atoms with Gasteiger partial charge in [0.1, 0.15) is 6.26 Å². The van der Waals surface area contributed by atoms with E-state index < -0.39 is 11.3 Å². The van der Waals surface area contributed by atoms with Crippen LogP contribution < -0.4 is 15.5 Å². The third kappa shape index (κ3) is 3.09. The highest BCUT2D eigenvalue weighted by Gasteiger charge is 2.10. The summed E-state index contributed by atoms with van der Waals surface area (Å²) >= 11 is 0. The standard InChI is InChI=1S/C10H13NO5/c1-14-4-3-11-10(13)8-5-7(12)9(15-2)6-16-8/h5-6H,3-4H2,1-2H3,(H,11,13). The fourth-order valence-electron chi connectivity index (χ4n) is 1.02. The Labute approximate surface area is 92.2 Å². The maximum Gasteiger partial charge on any atom is 0.287 e. The first kappa shape index (κ1) is 12.3. The molecular weight excluding hydrogens is 214 g/mol. The van der Waals surface area contributed by atoms with Gasteiger partial charge < -0.3 is 19.2 Å². The number of amides is 1. The summed E-state index contributed by atoms with van der Waals surface area (Å²) in [6.45, 7) is 0.747. The van der Waals surface area contributed by atoms with Crippen LogP contribution in [-0.4, -0.2) is 33.3 Å². The molecule has 1 N–H and O–H groups in total. The number of hydrogen-bond donors (Lipinski definition) is 1. The maximum atomic E-state index is 11.4. The van der Waals surface area contributed by atoms with E-state index in [1.165, 1.54) is 14.2 Å². The van der Waals surface area contributed by atoms with Crippen LogP contribution in [0.1, 0.15) is 10.6 Å². The number of methoxy groups -OCH3 is 2. The lowest BCUT2D eigenvalue weighted by atomic mass is 10.3. The molecule has 88 valence electrons. The molecule has 0 unspecified atom stereocenters. The van der Waals surface area contributed by atoms with Gasteiger partial charge in [-0.25, -0.2) is 0 Å². The zero-order valence-electron chi connectivity index (χ0n) is 9.11. The Morgan fingerprint density at radius 2 is 2.25 bits per heavy atom. The monoisotopic (exact) mass is 227 g/mol. The first-order chi connectivity index (χ1) is 7.69. The van der Waals surface area contributed by atoms with Gasteiger partial charge in [-0.15, -0.1) is 0 Å². The van der Waals surface area contributed by atoms with Gasteiger partial charge >= 0.3 is 0 Å². The summed E-state index contributed by atoms with van der Waals surface area (Å²) in [4.78, 5) is 22.7. The van der Waals surface area contributed by atoms with Crippen molar-refractivity contribution in [3.63, 3.8) is 0 Å². The molecule has 0 aromatic carbocycles. The molecule has 1 aromatic rings. The van der Waals surface area contributed by atoms with Crippen LogP contribution in [0.3, 0.4) is 0 Å². The number of carbonyl (C=O) groups is 1. The summed E-state index contributed by atoms with van der Waals surface area (Å²) in [5.74, 6) is -0.452. The van der Waals surface area contributed by atoms with Gasteiger partial charge in [0.2, 0.25) is 11.2 Å². The van der Waals surface area contributed by atoms with Crippen molar-refractivity contribution in [1.29, 1.82) is 0 Å². The van der Waals surface area contributed by atoms with Gasteiger partial charge in [-0.05, 0) is 0 Å². The molecule has 0 fully saturated rings. The Hall–Kier alpha value is -1.82. The molecule has 0 spiro atoms. The Morgan fingerprint density at radius 1 is 1.50 bits per heavy atom. The zero-order chi connectivity index (χ0) is 12.0. The minimum Gasteiger partial charge on any atom is -0.490 e. The Kier molecular flexibility index (Phi) is 4.53. The molecule has 0 saturated heterocycles. The third-order valence-electron chi connectivity index (χ3n) is 1.83. The molecule has 0 aliphatic heterocycles. The highest BCUT2D eigenvalue weighted by atomic mass is 16.5. The average molecular weight is 227 g/mol. The van der Waals surface area contributed by atoms with E-state index in [0.29, 0.717) is 13.2 Å². The summed E-state index contributed by atoms with van der Waals surface area (Å²) in [6.07, 6.45) is 1.10. The molecule has 1 rings (SSSR count). The predicted octanol–water partition coefficient (Wildman–Crippen LogP) is 0.0246. The molecule has 16 heavy (non-hydrogen) atoms. The number of rotatable bonds is 5. The van der Waals surface area contributed by atoms with Crippen molar-refractivity contribution in [2.75, 3.05) is 27.4 Å². The summed E-state index contributed by atoms with van der Waals surface area (Å²) in [5.41, 5.74) is -0.398. The minimum atomic E-state index is -0.461. The summed E-state index contributed by atoms with van der Waals surface area (Å²) in [6, 6.07) is 1.08. The first-order valence-electron chi connectivity index (χ1n) is 4.63. The van der Waals surface area contributed by atoms with Crippen molar-refractivity contribution in [2.45, 2.75) is 0 Å². The highest BCUT2D eigenvalue weighted by Crippen LogP contribution is 2.04. The van der Waals surface area contributed by atoms with Crippen molar-refractivity contribution >= 4 is 5.91 Å². The topological polar surface area (TPSA) is 77.8 Å². The molecule has 6 heteroatoms. The van der Waals surface area contributed by atoms with E-state index in [9.17, 15) is 9.59 Å².